The molecule has 2 aliphatic rings. The molecule has 1 aliphatic heterocycles. The number of hydrogen-bond acceptors (Lipinski definition) is 4. The van der Waals surface area contributed by atoms with Gasteiger partial charge in [0.25, 0.3) is 5.91 Å². The lowest BCUT2D eigenvalue weighted by molar-refractivity contribution is 0.0702. The van der Waals surface area contributed by atoms with Crippen molar-refractivity contribution in [2.24, 2.45) is 5.92 Å². The molecule has 0 atom stereocenters. The van der Waals surface area contributed by atoms with Gasteiger partial charge in [-0.3, -0.25) is 14.7 Å². The Balaban J connectivity index is 1.35. The van der Waals surface area contributed by atoms with Gasteiger partial charge >= 0.3 is 0 Å². The lowest BCUT2D eigenvalue weighted by Gasteiger charge is -2.26. The van der Waals surface area contributed by atoms with E-state index < -0.39 is 0 Å². The number of carbonyl (C=O) groups is 1. The molecule has 6 heteroatoms. The van der Waals surface area contributed by atoms with Gasteiger partial charge in [-0.15, -0.1) is 0 Å². The lowest BCUT2D eigenvalue weighted by Crippen LogP contribution is -2.36. The number of nitrogens with zero attached hydrogens (tertiary/aromatic N) is 2. The number of benzene rings is 1. The highest BCUT2D eigenvalue weighted by Crippen LogP contribution is 2.30. The monoisotopic (exact) mass is 391 g/mol. The molecule has 1 saturated carbocycles. The molecule has 5 rings (SSSR count). The first-order valence-electron chi connectivity index (χ1n) is 10.6. The zero-order chi connectivity index (χ0) is 19.8. The van der Waals surface area contributed by atoms with E-state index in [2.05, 4.69) is 10.2 Å². The number of carbonyl (C=O) groups excluding carboxylic acids is 1. The molecule has 150 valence electrons. The van der Waals surface area contributed by atoms with Crippen molar-refractivity contribution in [3.8, 4) is 0 Å². The van der Waals surface area contributed by atoms with Crippen LogP contribution < -0.4 is 5.43 Å². The van der Waals surface area contributed by atoms with Crippen LogP contribution in [-0.2, 0) is 19.4 Å². The first-order chi connectivity index (χ1) is 14.2. The number of aromatic nitrogens is 2. The van der Waals surface area contributed by atoms with Crippen molar-refractivity contribution in [3.05, 3.63) is 63.3 Å². The Morgan fingerprint density at radius 3 is 2.93 bits per heavy atom. The fourth-order valence-corrected chi connectivity index (χ4v) is 4.74. The Bertz CT molecular complexity index is 1110. The van der Waals surface area contributed by atoms with Crippen LogP contribution in [0, 0.1) is 5.92 Å². The van der Waals surface area contributed by atoms with E-state index in [0.717, 1.165) is 35.7 Å². The summed E-state index contributed by atoms with van der Waals surface area (Å²) in [7, 11) is 0. The van der Waals surface area contributed by atoms with Crippen LogP contribution in [0.3, 0.4) is 0 Å². The van der Waals surface area contributed by atoms with Crippen LogP contribution in [0.25, 0.3) is 11.0 Å². The number of hydrogen-bond donors (Lipinski definition) is 1. The van der Waals surface area contributed by atoms with E-state index in [9.17, 15) is 9.59 Å². The molecule has 0 spiro atoms. The average molecular weight is 391 g/mol. The molecule has 1 fully saturated rings. The van der Waals surface area contributed by atoms with E-state index in [4.69, 9.17) is 4.42 Å². The van der Waals surface area contributed by atoms with E-state index in [0.29, 0.717) is 24.1 Å². The van der Waals surface area contributed by atoms with E-state index in [1.807, 2.05) is 0 Å². The van der Waals surface area contributed by atoms with Crippen LogP contribution >= 0.6 is 0 Å². The maximum atomic E-state index is 13.1. The largest absolute Gasteiger partial charge is 0.451 e. The van der Waals surface area contributed by atoms with Gasteiger partial charge in [0.2, 0.25) is 0 Å². The number of H-pyrrole nitrogens is 1. The molecule has 1 N–H and O–H groups in total. The highest BCUT2D eigenvalue weighted by Gasteiger charge is 2.28. The third-order valence-corrected chi connectivity index (χ3v) is 6.42. The van der Waals surface area contributed by atoms with Crippen molar-refractivity contribution >= 4 is 16.9 Å². The molecule has 0 unspecified atom stereocenters. The van der Waals surface area contributed by atoms with Crippen LogP contribution in [0.15, 0.2) is 39.5 Å². The van der Waals surface area contributed by atoms with Crippen LogP contribution in [-0.4, -0.2) is 27.5 Å². The average Bonchev–Trinajstić information content (AvgIpc) is 3.41. The molecular weight excluding hydrogens is 366 g/mol. The van der Waals surface area contributed by atoms with Crippen molar-refractivity contribution < 1.29 is 9.21 Å². The minimum Gasteiger partial charge on any atom is -0.451 e. The molecule has 0 radical (unpaired) electrons. The topological polar surface area (TPSA) is 79.2 Å². The molecule has 0 saturated heterocycles. The second-order valence-corrected chi connectivity index (χ2v) is 8.26. The number of fused-ring (bicyclic) bond motifs is 2. The molecule has 1 aromatic carbocycles. The van der Waals surface area contributed by atoms with Gasteiger partial charge in [0.15, 0.2) is 11.2 Å². The van der Waals surface area contributed by atoms with Crippen molar-refractivity contribution in [3.63, 3.8) is 0 Å². The van der Waals surface area contributed by atoms with Crippen molar-refractivity contribution in [1.82, 2.24) is 15.1 Å². The summed E-state index contributed by atoms with van der Waals surface area (Å²) in [6.07, 6.45) is 8.24. The number of rotatable bonds is 4. The zero-order valence-electron chi connectivity index (χ0n) is 16.4. The van der Waals surface area contributed by atoms with Crippen molar-refractivity contribution in [1.29, 1.82) is 0 Å². The highest BCUT2D eigenvalue weighted by atomic mass is 16.3. The second-order valence-electron chi connectivity index (χ2n) is 8.26. The van der Waals surface area contributed by atoms with Crippen LogP contribution in [0.1, 0.15) is 59.6 Å². The first kappa shape index (κ1) is 18.2. The van der Waals surface area contributed by atoms with Crippen LogP contribution in [0.5, 0.6) is 0 Å². The summed E-state index contributed by atoms with van der Waals surface area (Å²) in [6.45, 7) is 1.10. The second kappa shape index (κ2) is 7.50. The predicted molar refractivity (Wildman–Crippen MR) is 110 cm³/mol. The summed E-state index contributed by atoms with van der Waals surface area (Å²) in [5.41, 5.74) is 3.63. The van der Waals surface area contributed by atoms with Gasteiger partial charge in [-0.25, -0.2) is 0 Å². The molecular formula is C23H25N3O3. The Morgan fingerprint density at radius 1 is 1.24 bits per heavy atom. The smallest absolute Gasteiger partial charge is 0.290 e. The molecule has 29 heavy (non-hydrogen) atoms. The number of aromatic amines is 1. The third-order valence-electron chi connectivity index (χ3n) is 6.42. The summed E-state index contributed by atoms with van der Waals surface area (Å²) in [4.78, 5) is 27.2. The Kier molecular flexibility index (Phi) is 4.70. The maximum absolute atomic E-state index is 13.1. The standard InChI is InChI=1S/C23H25N3O3/c27-20-13-22(29-21-8-4-3-7-16(20)21)23(28)26-12-11-19-17(14-26)18(24-25-19)10-9-15-5-1-2-6-15/h3-4,7-8,13,15H,1-2,5-6,9-12,14H2,(H,24,25). The predicted octanol–water partition coefficient (Wildman–Crippen LogP) is 3.84. The minimum atomic E-state index is -0.235. The van der Waals surface area contributed by atoms with Crippen molar-refractivity contribution in [2.45, 2.75) is 51.5 Å². The van der Waals surface area contributed by atoms with Crippen LogP contribution in [0.4, 0.5) is 0 Å². The van der Waals surface area contributed by atoms with Gasteiger partial charge in [-0.1, -0.05) is 37.8 Å². The number of aryl methyl sites for hydroxylation is 1. The van der Waals surface area contributed by atoms with E-state index >= 15 is 0 Å². The first-order valence-corrected chi connectivity index (χ1v) is 10.6. The Hall–Kier alpha value is -2.89. The van der Waals surface area contributed by atoms with E-state index in [1.54, 1.807) is 29.2 Å². The summed E-state index contributed by atoms with van der Waals surface area (Å²) < 4.78 is 5.76. The summed E-state index contributed by atoms with van der Waals surface area (Å²) >= 11 is 0. The molecule has 1 amide bonds. The number of nitrogens with one attached hydrogen (secondary N) is 1. The van der Waals surface area contributed by atoms with Crippen molar-refractivity contribution in [2.75, 3.05) is 6.54 Å². The molecule has 6 nitrogen and oxygen atoms in total. The fourth-order valence-electron chi connectivity index (χ4n) is 4.74. The van der Waals surface area contributed by atoms with Gasteiger partial charge in [-0.2, -0.15) is 5.10 Å². The third kappa shape index (κ3) is 3.48. The van der Waals surface area contributed by atoms with Gasteiger partial charge in [0.05, 0.1) is 11.1 Å². The quantitative estimate of drug-likeness (QED) is 0.733. The molecule has 0 bridgehead atoms. The minimum absolute atomic E-state index is 0.105. The van der Waals surface area contributed by atoms with E-state index in [1.165, 1.54) is 38.2 Å². The number of para-hydroxylation sites is 1. The normalized spacial score (nSPS) is 17.0. The van der Waals surface area contributed by atoms with Crippen LogP contribution in [0.2, 0.25) is 0 Å². The van der Waals surface area contributed by atoms with Gasteiger partial charge in [0, 0.05) is 36.8 Å². The zero-order valence-corrected chi connectivity index (χ0v) is 16.4. The summed E-state index contributed by atoms with van der Waals surface area (Å²) in [5, 5.41) is 8.21. The number of amides is 1. The Morgan fingerprint density at radius 2 is 2.07 bits per heavy atom. The lowest BCUT2D eigenvalue weighted by atomic mass is 9.97. The summed E-state index contributed by atoms with van der Waals surface area (Å²) in [5.74, 6) is 0.685. The maximum Gasteiger partial charge on any atom is 0.290 e. The Labute approximate surface area is 168 Å². The summed E-state index contributed by atoms with van der Waals surface area (Å²) in [6, 6.07) is 8.34. The van der Waals surface area contributed by atoms with Gasteiger partial charge in [-0.05, 0) is 30.9 Å². The molecule has 2 aromatic heterocycles. The fraction of sp³-hybridized carbons (Fsp3) is 0.435. The van der Waals surface area contributed by atoms with Gasteiger partial charge in [0.1, 0.15) is 5.58 Å². The van der Waals surface area contributed by atoms with E-state index in [-0.39, 0.29) is 17.1 Å². The SMILES string of the molecule is O=C(c1cc(=O)c2ccccc2o1)N1CCc2[nH]nc(CCC3CCCC3)c2C1. The molecule has 3 heterocycles. The highest BCUT2D eigenvalue weighted by molar-refractivity contribution is 5.93. The molecule has 3 aromatic rings. The van der Waals surface area contributed by atoms with Gasteiger partial charge < -0.3 is 9.32 Å². The molecule has 1 aliphatic carbocycles.